The van der Waals surface area contributed by atoms with Crippen LogP contribution in [0, 0.1) is 6.92 Å². The van der Waals surface area contributed by atoms with Gasteiger partial charge in [-0.1, -0.05) is 15.9 Å². The van der Waals surface area contributed by atoms with Crippen molar-refractivity contribution in [3.63, 3.8) is 0 Å². The number of aryl methyl sites for hydroxylation is 1. The molecule has 16 heavy (non-hydrogen) atoms. The first kappa shape index (κ1) is 11.6. The van der Waals surface area contributed by atoms with Gasteiger partial charge in [0.25, 0.3) is 5.91 Å². The maximum Gasteiger partial charge on any atom is 0.251 e. The first-order valence-corrected chi connectivity index (χ1v) is 6.23. The Morgan fingerprint density at radius 1 is 1.50 bits per heavy atom. The van der Waals surface area contributed by atoms with Gasteiger partial charge in [0, 0.05) is 22.6 Å². The lowest BCUT2D eigenvalue weighted by molar-refractivity contribution is 0.0940. The molecule has 0 unspecified atom stereocenters. The topological polar surface area (TPSA) is 41.1 Å². The number of nitrogens with one attached hydrogen (secondary N) is 2. The standard InChI is InChI=1S/C12H15BrN2O/c1-8-4-9(6-10(13)5-8)12(16)15-11-2-3-14-7-11/h4-6,11,14H,2-3,7H2,1H3,(H,15,16)/t11-/m0/s1. The van der Waals surface area contributed by atoms with E-state index in [4.69, 9.17) is 0 Å². The number of hydrogen-bond acceptors (Lipinski definition) is 2. The molecule has 1 saturated heterocycles. The van der Waals surface area contributed by atoms with Crippen molar-refractivity contribution >= 4 is 21.8 Å². The lowest BCUT2D eigenvalue weighted by Crippen LogP contribution is -2.36. The van der Waals surface area contributed by atoms with Crippen LogP contribution in [0.15, 0.2) is 22.7 Å². The van der Waals surface area contributed by atoms with Crippen LogP contribution in [0.2, 0.25) is 0 Å². The van der Waals surface area contributed by atoms with Crippen LogP contribution in [0.3, 0.4) is 0 Å². The van der Waals surface area contributed by atoms with Crippen LogP contribution < -0.4 is 10.6 Å². The Hall–Kier alpha value is -0.870. The van der Waals surface area contributed by atoms with Gasteiger partial charge in [-0.05, 0) is 43.7 Å². The number of rotatable bonds is 2. The van der Waals surface area contributed by atoms with Crippen LogP contribution in [0.5, 0.6) is 0 Å². The molecular formula is C12H15BrN2O. The third-order valence-electron chi connectivity index (χ3n) is 2.70. The molecule has 1 aliphatic rings. The Morgan fingerprint density at radius 2 is 2.31 bits per heavy atom. The molecule has 0 spiro atoms. The van der Waals surface area contributed by atoms with Gasteiger partial charge in [0.05, 0.1) is 0 Å². The van der Waals surface area contributed by atoms with Crippen molar-refractivity contribution in [3.8, 4) is 0 Å². The molecule has 86 valence electrons. The van der Waals surface area contributed by atoms with Crippen LogP contribution in [-0.2, 0) is 0 Å². The molecule has 2 rings (SSSR count). The maximum atomic E-state index is 11.9. The quantitative estimate of drug-likeness (QED) is 0.869. The van der Waals surface area contributed by atoms with Crippen LogP contribution >= 0.6 is 15.9 Å². The summed E-state index contributed by atoms with van der Waals surface area (Å²) < 4.78 is 0.946. The molecule has 1 aromatic carbocycles. The number of benzene rings is 1. The molecular weight excluding hydrogens is 268 g/mol. The van der Waals surface area contributed by atoms with E-state index in [-0.39, 0.29) is 11.9 Å². The predicted octanol–water partition coefficient (Wildman–Crippen LogP) is 1.85. The molecule has 0 aliphatic carbocycles. The first-order chi connectivity index (χ1) is 7.65. The Kier molecular flexibility index (Phi) is 3.61. The second kappa shape index (κ2) is 4.97. The van der Waals surface area contributed by atoms with E-state index in [9.17, 15) is 4.79 Å². The highest BCUT2D eigenvalue weighted by Crippen LogP contribution is 2.15. The second-order valence-corrected chi connectivity index (χ2v) is 5.10. The van der Waals surface area contributed by atoms with Gasteiger partial charge < -0.3 is 10.6 Å². The molecule has 1 heterocycles. The zero-order valence-electron chi connectivity index (χ0n) is 9.22. The van der Waals surface area contributed by atoms with Gasteiger partial charge in [0.15, 0.2) is 0 Å². The average Bonchev–Trinajstić information content (AvgIpc) is 2.68. The summed E-state index contributed by atoms with van der Waals surface area (Å²) in [5.41, 5.74) is 1.81. The molecule has 1 atom stereocenters. The van der Waals surface area contributed by atoms with Gasteiger partial charge in [0.1, 0.15) is 0 Å². The summed E-state index contributed by atoms with van der Waals surface area (Å²) in [6, 6.07) is 6.02. The van der Waals surface area contributed by atoms with E-state index in [1.807, 2.05) is 25.1 Å². The summed E-state index contributed by atoms with van der Waals surface area (Å²) in [4.78, 5) is 11.9. The van der Waals surface area contributed by atoms with Gasteiger partial charge >= 0.3 is 0 Å². The third kappa shape index (κ3) is 2.83. The molecule has 2 N–H and O–H groups in total. The second-order valence-electron chi connectivity index (χ2n) is 4.18. The SMILES string of the molecule is Cc1cc(Br)cc(C(=O)N[C@H]2CCNC2)c1. The number of halogens is 1. The van der Waals surface area contributed by atoms with Crippen LogP contribution in [0.1, 0.15) is 22.3 Å². The highest BCUT2D eigenvalue weighted by atomic mass is 79.9. The summed E-state index contributed by atoms with van der Waals surface area (Å²) >= 11 is 3.40. The molecule has 0 aromatic heterocycles. The Balaban J connectivity index is 2.07. The molecule has 1 amide bonds. The van der Waals surface area contributed by atoms with Gasteiger partial charge in [0.2, 0.25) is 0 Å². The minimum atomic E-state index is 0.0121. The molecule has 0 saturated carbocycles. The van der Waals surface area contributed by atoms with Crippen molar-refractivity contribution in [3.05, 3.63) is 33.8 Å². The summed E-state index contributed by atoms with van der Waals surface area (Å²) in [5, 5.41) is 6.26. The van der Waals surface area contributed by atoms with Crippen molar-refractivity contribution in [1.82, 2.24) is 10.6 Å². The first-order valence-electron chi connectivity index (χ1n) is 5.44. The number of amides is 1. The molecule has 1 fully saturated rings. The lowest BCUT2D eigenvalue weighted by Gasteiger charge is -2.11. The van der Waals surface area contributed by atoms with Crippen LogP contribution in [0.25, 0.3) is 0 Å². The Bertz CT molecular complexity index is 380. The summed E-state index contributed by atoms with van der Waals surface area (Å²) in [5.74, 6) is 0.0121. The van der Waals surface area contributed by atoms with Gasteiger partial charge in [-0.2, -0.15) is 0 Å². The average molecular weight is 283 g/mol. The van der Waals surface area contributed by atoms with Crippen molar-refractivity contribution in [2.45, 2.75) is 19.4 Å². The summed E-state index contributed by atoms with van der Waals surface area (Å²) in [6.45, 7) is 3.85. The monoisotopic (exact) mass is 282 g/mol. The third-order valence-corrected chi connectivity index (χ3v) is 3.16. The number of carbonyl (C=O) groups excluding carboxylic acids is 1. The number of hydrogen-bond donors (Lipinski definition) is 2. The Labute approximate surface area is 104 Å². The highest BCUT2D eigenvalue weighted by molar-refractivity contribution is 9.10. The maximum absolute atomic E-state index is 11.9. The smallest absolute Gasteiger partial charge is 0.251 e. The van der Waals surface area contributed by atoms with Crippen molar-refractivity contribution in [2.24, 2.45) is 0 Å². The van der Waals surface area contributed by atoms with Crippen molar-refractivity contribution in [2.75, 3.05) is 13.1 Å². The van der Waals surface area contributed by atoms with Gasteiger partial charge in [-0.3, -0.25) is 4.79 Å². The fraction of sp³-hybridized carbons (Fsp3) is 0.417. The van der Waals surface area contributed by atoms with E-state index in [1.165, 1.54) is 0 Å². The van der Waals surface area contributed by atoms with Crippen LogP contribution in [-0.4, -0.2) is 25.0 Å². The Morgan fingerprint density at radius 3 is 2.94 bits per heavy atom. The predicted molar refractivity (Wildman–Crippen MR) is 67.6 cm³/mol. The van der Waals surface area contributed by atoms with Crippen molar-refractivity contribution < 1.29 is 4.79 Å². The van der Waals surface area contributed by atoms with E-state index in [0.717, 1.165) is 35.1 Å². The normalized spacial score (nSPS) is 19.8. The van der Waals surface area contributed by atoms with Gasteiger partial charge in [-0.25, -0.2) is 0 Å². The zero-order valence-corrected chi connectivity index (χ0v) is 10.8. The van der Waals surface area contributed by atoms with E-state index in [1.54, 1.807) is 0 Å². The van der Waals surface area contributed by atoms with E-state index >= 15 is 0 Å². The largest absolute Gasteiger partial charge is 0.348 e. The fourth-order valence-corrected chi connectivity index (χ4v) is 2.52. The molecule has 3 nitrogen and oxygen atoms in total. The molecule has 4 heteroatoms. The van der Waals surface area contributed by atoms with E-state index in [0.29, 0.717) is 0 Å². The van der Waals surface area contributed by atoms with E-state index < -0.39 is 0 Å². The number of carbonyl (C=O) groups is 1. The fourth-order valence-electron chi connectivity index (χ4n) is 1.91. The lowest BCUT2D eigenvalue weighted by atomic mass is 10.1. The summed E-state index contributed by atoms with van der Waals surface area (Å²) in [6.07, 6.45) is 1.01. The molecule has 1 aromatic rings. The zero-order chi connectivity index (χ0) is 11.5. The van der Waals surface area contributed by atoms with Gasteiger partial charge in [-0.15, -0.1) is 0 Å². The minimum absolute atomic E-state index is 0.0121. The van der Waals surface area contributed by atoms with Crippen molar-refractivity contribution in [1.29, 1.82) is 0 Å². The molecule has 0 bridgehead atoms. The summed E-state index contributed by atoms with van der Waals surface area (Å²) in [7, 11) is 0. The highest BCUT2D eigenvalue weighted by Gasteiger charge is 2.17. The van der Waals surface area contributed by atoms with Crippen LogP contribution in [0.4, 0.5) is 0 Å². The minimum Gasteiger partial charge on any atom is -0.348 e. The molecule has 0 radical (unpaired) electrons. The molecule has 1 aliphatic heterocycles. The van der Waals surface area contributed by atoms with E-state index in [2.05, 4.69) is 26.6 Å².